The molecule has 0 bridgehead atoms. The number of rotatable bonds is 3. The van der Waals surface area contributed by atoms with Gasteiger partial charge in [0.05, 0.1) is 18.8 Å². The van der Waals surface area contributed by atoms with Crippen molar-refractivity contribution < 1.29 is 27.5 Å². The third kappa shape index (κ3) is 2.11. The highest BCUT2D eigenvalue weighted by Crippen LogP contribution is 2.33. The van der Waals surface area contributed by atoms with Crippen molar-refractivity contribution in [3.05, 3.63) is 23.8 Å². The molecule has 0 radical (unpaired) electrons. The first-order valence-corrected chi connectivity index (χ1v) is 7.40. The second-order valence-corrected chi connectivity index (χ2v) is 5.62. The van der Waals surface area contributed by atoms with E-state index in [9.17, 15) is 18.0 Å². The van der Waals surface area contributed by atoms with Crippen LogP contribution in [0.1, 0.15) is 24.2 Å². The molecule has 1 aliphatic rings. The zero-order valence-electron chi connectivity index (χ0n) is 11.0. The lowest BCUT2D eigenvalue weighted by molar-refractivity contribution is 0.0815. The zero-order valence-corrected chi connectivity index (χ0v) is 11.8. The summed E-state index contributed by atoms with van der Waals surface area (Å²) >= 11 is 0. The lowest BCUT2D eigenvalue weighted by atomic mass is 10.2. The average molecular weight is 299 g/mol. The van der Waals surface area contributed by atoms with E-state index in [1.54, 1.807) is 6.92 Å². The number of carbonyl (C=O) groups excluding carboxylic acids is 2. The summed E-state index contributed by atoms with van der Waals surface area (Å²) < 4.78 is 34.2. The smallest absolute Gasteiger partial charge is 0.431 e. The van der Waals surface area contributed by atoms with Crippen LogP contribution in [-0.4, -0.2) is 37.9 Å². The van der Waals surface area contributed by atoms with Crippen molar-refractivity contribution in [3.8, 4) is 5.75 Å². The van der Waals surface area contributed by atoms with Crippen LogP contribution in [0.4, 0.5) is 4.79 Å². The van der Waals surface area contributed by atoms with E-state index in [4.69, 9.17) is 4.74 Å². The molecule has 0 fully saturated rings. The summed E-state index contributed by atoms with van der Waals surface area (Å²) in [5.41, 5.74) is -0.0935. The highest BCUT2D eigenvalue weighted by atomic mass is 32.2. The van der Waals surface area contributed by atoms with Crippen LogP contribution in [-0.2, 0) is 14.8 Å². The highest BCUT2D eigenvalue weighted by molar-refractivity contribution is 7.90. The van der Waals surface area contributed by atoms with Crippen LogP contribution in [0, 0.1) is 0 Å². The fourth-order valence-corrected chi connectivity index (χ4v) is 3.26. The number of sulfonamides is 1. The van der Waals surface area contributed by atoms with Crippen LogP contribution in [0.2, 0.25) is 0 Å². The summed E-state index contributed by atoms with van der Waals surface area (Å²) in [4.78, 5) is 23.5. The van der Waals surface area contributed by atoms with E-state index in [1.165, 1.54) is 25.1 Å². The Morgan fingerprint density at radius 1 is 1.25 bits per heavy atom. The summed E-state index contributed by atoms with van der Waals surface area (Å²) in [7, 11) is -4.20. The molecule has 0 unspecified atom stereocenters. The van der Waals surface area contributed by atoms with Gasteiger partial charge < -0.3 is 9.47 Å². The standard InChI is InChI=1S/C12H13NO6S/c1-3-18-8-5-6-10-9(7-8)11(14)13(20(10,16)17)12(15)19-4-2/h5-7H,3-4H2,1-2H3. The lowest BCUT2D eigenvalue weighted by Gasteiger charge is -2.11. The molecule has 0 aliphatic carbocycles. The van der Waals surface area contributed by atoms with Crippen LogP contribution in [0.25, 0.3) is 0 Å². The number of imide groups is 1. The third-order valence-corrected chi connectivity index (χ3v) is 4.34. The van der Waals surface area contributed by atoms with Gasteiger partial charge in [0, 0.05) is 0 Å². The Kier molecular flexibility index (Phi) is 3.67. The fraction of sp³-hybridized carbons (Fsp3) is 0.333. The van der Waals surface area contributed by atoms with Gasteiger partial charge in [0.1, 0.15) is 10.6 Å². The zero-order chi connectivity index (χ0) is 14.9. The van der Waals surface area contributed by atoms with Crippen LogP contribution >= 0.6 is 0 Å². The van der Waals surface area contributed by atoms with Crippen molar-refractivity contribution in [2.24, 2.45) is 0 Å². The van der Waals surface area contributed by atoms with Gasteiger partial charge in [0.25, 0.3) is 15.9 Å². The number of nitrogens with zero attached hydrogens (tertiary/aromatic N) is 1. The van der Waals surface area contributed by atoms with Crippen LogP contribution in [0.15, 0.2) is 23.1 Å². The first kappa shape index (κ1) is 14.3. The van der Waals surface area contributed by atoms with Crippen molar-refractivity contribution in [1.82, 2.24) is 4.31 Å². The molecule has 1 aliphatic heterocycles. The van der Waals surface area contributed by atoms with Crippen LogP contribution < -0.4 is 4.74 Å². The fourth-order valence-electron chi connectivity index (χ4n) is 1.84. The Morgan fingerprint density at radius 2 is 1.95 bits per heavy atom. The quantitative estimate of drug-likeness (QED) is 0.837. The van der Waals surface area contributed by atoms with E-state index >= 15 is 0 Å². The highest BCUT2D eigenvalue weighted by Gasteiger charge is 2.46. The topological polar surface area (TPSA) is 90.0 Å². The number of hydrogen-bond donors (Lipinski definition) is 0. The Bertz CT molecular complexity index is 667. The summed E-state index contributed by atoms with van der Waals surface area (Å²) in [6, 6.07) is 3.98. The Labute approximate surface area is 116 Å². The van der Waals surface area contributed by atoms with Gasteiger partial charge in [-0.05, 0) is 32.0 Å². The number of carbonyl (C=O) groups is 2. The molecule has 108 valence electrons. The summed E-state index contributed by atoms with van der Waals surface area (Å²) in [5, 5.41) is 0. The molecule has 1 heterocycles. The molecule has 2 amide bonds. The van der Waals surface area contributed by atoms with Gasteiger partial charge in [-0.3, -0.25) is 4.79 Å². The summed E-state index contributed by atoms with van der Waals surface area (Å²) in [5.74, 6) is -0.569. The van der Waals surface area contributed by atoms with Gasteiger partial charge in [-0.25, -0.2) is 13.2 Å². The first-order valence-electron chi connectivity index (χ1n) is 5.96. The Balaban J connectivity index is 2.50. The first-order chi connectivity index (χ1) is 9.43. The SMILES string of the molecule is CCOC(=O)N1C(=O)c2cc(OCC)ccc2S1(=O)=O. The van der Waals surface area contributed by atoms with Crippen molar-refractivity contribution in [3.63, 3.8) is 0 Å². The van der Waals surface area contributed by atoms with E-state index < -0.39 is 22.0 Å². The van der Waals surface area contributed by atoms with E-state index in [-0.39, 0.29) is 21.4 Å². The summed E-state index contributed by atoms with van der Waals surface area (Å²) in [6.07, 6.45) is -1.20. The molecular weight excluding hydrogens is 286 g/mol. The minimum absolute atomic E-state index is 0.0291. The van der Waals surface area contributed by atoms with Crippen molar-refractivity contribution in [2.75, 3.05) is 13.2 Å². The molecular formula is C12H13NO6S. The monoisotopic (exact) mass is 299 g/mol. The van der Waals surface area contributed by atoms with Crippen molar-refractivity contribution >= 4 is 22.0 Å². The van der Waals surface area contributed by atoms with Gasteiger partial charge in [0.2, 0.25) is 0 Å². The molecule has 0 atom stereocenters. The van der Waals surface area contributed by atoms with Crippen molar-refractivity contribution in [2.45, 2.75) is 18.7 Å². The van der Waals surface area contributed by atoms with Gasteiger partial charge in [0.15, 0.2) is 0 Å². The normalized spacial score (nSPS) is 15.9. The molecule has 8 heteroatoms. The van der Waals surface area contributed by atoms with Crippen molar-refractivity contribution in [1.29, 1.82) is 0 Å². The lowest BCUT2D eigenvalue weighted by Crippen LogP contribution is -2.36. The molecule has 0 saturated carbocycles. The number of benzene rings is 1. The number of hydrogen-bond acceptors (Lipinski definition) is 6. The molecule has 7 nitrogen and oxygen atoms in total. The van der Waals surface area contributed by atoms with Gasteiger partial charge >= 0.3 is 6.09 Å². The molecule has 0 saturated heterocycles. The molecule has 1 aromatic carbocycles. The van der Waals surface area contributed by atoms with E-state index in [0.29, 0.717) is 12.4 Å². The van der Waals surface area contributed by atoms with Gasteiger partial charge in [-0.1, -0.05) is 0 Å². The summed E-state index contributed by atoms with van der Waals surface area (Å²) in [6.45, 7) is 3.63. The molecule has 0 spiro atoms. The number of fused-ring (bicyclic) bond motifs is 1. The molecule has 20 heavy (non-hydrogen) atoms. The van der Waals surface area contributed by atoms with E-state index in [1.807, 2.05) is 0 Å². The number of ether oxygens (including phenoxy) is 2. The average Bonchev–Trinajstić information content (AvgIpc) is 2.57. The third-order valence-electron chi connectivity index (χ3n) is 2.63. The maximum Gasteiger partial charge on any atom is 0.431 e. The minimum Gasteiger partial charge on any atom is -0.494 e. The van der Waals surface area contributed by atoms with Crippen LogP contribution in [0.3, 0.4) is 0 Å². The minimum atomic E-state index is -4.20. The van der Waals surface area contributed by atoms with Gasteiger partial charge in [-0.15, -0.1) is 4.31 Å². The number of amides is 2. The molecule has 0 N–H and O–H groups in total. The molecule has 2 rings (SSSR count). The van der Waals surface area contributed by atoms with E-state index in [0.717, 1.165) is 0 Å². The largest absolute Gasteiger partial charge is 0.494 e. The predicted molar refractivity (Wildman–Crippen MR) is 68.0 cm³/mol. The predicted octanol–water partition coefficient (Wildman–Crippen LogP) is 1.39. The Morgan fingerprint density at radius 3 is 2.55 bits per heavy atom. The molecule has 0 aromatic heterocycles. The maximum atomic E-state index is 12.1. The van der Waals surface area contributed by atoms with Gasteiger partial charge in [-0.2, -0.15) is 0 Å². The van der Waals surface area contributed by atoms with Crippen LogP contribution in [0.5, 0.6) is 5.75 Å². The second-order valence-electron chi connectivity index (χ2n) is 3.86. The maximum absolute atomic E-state index is 12.1. The molecule has 1 aromatic rings. The Hall–Kier alpha value is -2.09. The van der Waals surface area contributed by atoms with E-state index in [2.05, 4.69) is 4.74 Å². The second kappa shape index (κ2) is 5.12.